The van der Waals surface area contributed by atoms with Crippen LogP contribution in [-0.4, -0.2) is 23.8 Å². The summed E-state index contributed by atoms with van der Waals surface area (Å²) in [5.41, 5.74) is 0. The molecular weight excluding hydrogens is 138 g/mol. The number of hydrogen-bond donors (Lipinski definition) is 2. The number of hydrogen-bond acceptors (Lipinski definition) is 2. The minimum atomic E-state index is -0.00356. The number of piperidine rings is 1. The zero-order valence-corrected chi connectivity index (χ0v) is 6.92. The molecular formula is C9H17NO. The van der Waals surface area contributed by atoms with Gasteiger partial charge in [-0.25, -0.2) is 0 Å². The van der Waals surface area contributed by atoms with E-state index in [2.05, 4.69) is 5.32 Å². The monoisotopic (exact) mass is 155 g/mol. The van der Waals surface area contributed by atoms with Crippen LogP contribution in [0.3, 0.4) is 0 Å². The van der Waals surface area contributed by atoms with Crippen molar-refractivity contribution >= 4 is 0 Å². The molecule has 1 saturated carbocycles. The molecule has 2 nitrogen and oxygen atoms in total. The summed E-state index contributed by atoms with van der Waals surface area (Å²) in [4.78, 5) is 0. The number of fused-ring (bicyclic) bond motifs is 1. The molecule has 0 aromatic heterocycles. The predicted molar refractivity (Wildman–Crippen MR) is 44.4 cm³/mol. The first-order valence-corrected chi connectivity index (χ1v) is 4.78. The molecule has 3 atom stereocenters. The van der Waals surface area contributed by atoms with E-state index in [4.69, 9.17) is 0 Å². The van der Waals surface area contributed by atoms with Crippen molar-refractivity contribution in [3.05, 3.63) is 0 Å². The molecule has 1 heterocycles. The number of nitrogens with one attached hydrogen (secondary N) is 1. The van der Waals surface area contributed by atoms with Crippen molar-refractivity contribution < 1.29 is 5.11 Å². The summed E-state index contributed by atoms with van der Waals surface area (Å²) in [5.74, 6) is 0.771. The van der Waals surface area contributed by atoms with E-state index in [9.17, 15) is 5.11 Å². The Bertz CT molecular complexity index is 138. The lowest BCUT2D eigenvalue weighted by Crippen LogP contribution is -2.45. The molecule has 0 amide bonds. The Morgan fingerprint density at radius 2 is 2.09 bits per heavy atom. The van der Waals surface area contributed by atoms with Crippen molar-refractivity contribution in [2.75, 3.05) is 6.54 Å². The Kier molecular flexibility index (Phi) is 2.14. The van der Waals surface area contributed by atoms with E-state index < -0.39 is 0 Å². The van der Waals surface area contributed by atoms with Gasteiger partial charge in [0.1, 0.15) is 0 Å². The summed E-state index contributed by atoms with van der Waals surface area (Å²) in [6, 6.07) is 0.729. The largest absolute Gasteiger partial charge is 0.393 e. The predicted octanol–water partition coefficient (Wildman–Crippen LogP) is 0.899. The Hall–Kier alpha value is -0.0800. The van der Waals surface area contributed by atoms with Crippen molar-refractivity contribution in [2.45, 2.75) is 44.2 Å². The first-order valence-electron chi connectivity index (χ1n) is 4.78. The minimum absolute atomic E-state index is 0.00356. The van der Waals surface area contributed by atoms with E-state index in [-0.39, 0.29) is 6.10 Å². The second-order valence-electron chi connectivity index (χ2n) is 3.93. The zero-order valence-electron chi connectivity index (χ0n) is 6.92. The molecule has 1 aliphatic carbocycles. The summed E-state index contributed by atoms with van der Waals surface area (Å²) in [5, 5.41) is 13.0. The van der Waals surface area contributed by atoms with E-state index >= 15 is 0 Å². The fraction of sp³-hybridized carbons (Fsp3) is 1.00. The van der Waals surface area contributed by atoms with Crippen molar-refractivity contribution in [3.8, 4) is 0 Å². The Balaban J connectivity index is 1.93. The summed E-state index contributed by atoms with van der Waals surface area (Å²) < 4.78 is 0. The van der Waals surface area contributed by atoms with Gasteiger partial charge in [-0.05, 0) is 44.6 Å². The van der Waals surface area contributed by atoms with Gasteiger partial charge < -0.3 is 10.4 Å². The minimum Gasteiger partial charge on any atom is -0.393 e. The standard InChI is InChI=1S/C9H17NO/c11-8-3-4-9-7(6-8)2-1-5-10-9/h7-11H,1-6H2/t7-,8?,9+/m0/s1. The average molecular weight is 155 g/mol. The van der Waals surface area contributed by atoms with Crippen LogP contribution in [0, 0.1) is 5.92 Å². The summed E-state index contributed by atoms with van der Waals surface area (Å²) in [6.07, 6.45) is 5.86. The van der Waals surface area contributed by atoms with Crippen LogP contribution < -0.4 is 5.32 Å². The lowest BCUT2D eigenvalue weighted by atomic mass is 9.78. The molecule has 0 radical (unpaired) electrons. The van der Waals surface area contributed by atoms with E-state index in [1.807, 2.05) is 0 Å². The highest BCUT2D eigenvalue weighted by atomic mass is 16.3. The van der Waals surface area contributed by atoms with Gasteiger partial charge in [-0.1, -0.05) is 0 Å². The van der Waals surface area contributed by atoms with Crippen LogP contribution in [0.5, 0.6) is 0 Å². The molecule has 2 heteroatoms. The second kappa shape index (κ2) is 3.11. The van der Waals surface area contributed by atoms with Crippen molar-refractivity contribution in [2.24, 2.45) is 5.92 Å². The summed E-state index contributed by atoms with van der Waals surface area (Å²) in [6.45, 7) is 1.19. The van der Waals surface area contributed by atoms with Crippen LogP contribution in [0.15, 0.2) is 0 Å². The highest BCUT2D eigenvalue weighted by Gasteiger charge is 2.30. The van der Waals surface area contributed by atoms with Gasteiger partial charge in [0.2, 0.25) is 0 Å². The maximum atomic E-state index is 9.42. The van der Waals surface area contributed by atoms with Gasteiger partial charge in [0, 0.05) is 6.04 Å². The zero-order chi connectivity index (χ0) is 7.68. The molecule has 0 spiro atoms. The third-order valence-electron chi connectivity index (χ3n) is 3.11. The molecule has 1 aliphatic heterocycles. The van der Waals surface area contributed by atoms with Crippen LogP contribution in [-0.2, 0) is 0 Å². The van der Waals surface area contributed by atoms with Gasteiger partial charge in [0.25, 0.3) is 0 Å². The van der Waals surface area contributed by atoms with Crippen molar-refractivity contribution in [1.29, 1.82) is 0 Å². The van der Waals surface area contributed by atoms with Crippen LogP contribution in [0.25, 0.3) is 0 Å². The third-order valence-corrected chi connectivity index (χ3v) is 3.11. The molecule has 0 aromatic rings. The first-order chi connectivity index (χ1) is 5.36. The Morgan fingerprint density at radius 3 is 3.00 bits per heavy atom. The molecule has 0 bridgehead atoms. The summed E-state index contributed by atoms with van der Waals surface area (Å²) in [7, 11) is 0. The highest BCUT2D eigenvalue weighted by molar-refractivity contribution is 4.87. The normalized spacial score (nSPS) is 45.0. The highest BCUT2D eigenvalue weighted by Crippen LogP contribution is 2.30. The fourth-order valence-electron chi connectivity index (χ4n) is 2.48. The van der Waals surface area contributed by atoms with Gasteiger partial charge in [-0.2, -0.15) is 0 Å². The topological polar surface area (TPSA) is 32.3 Å². The Morgan fingerprint density at radius 1 is 1.18 bits per heavy atom. The third kappa shape index (κ3) is 1.57. The SMILES string of the molecule is OC1CC[C@H]2NCCC[C@H]2C1. The number of aliphatic hydroxyl groups is 1. The van der Waals surface area contributed by atoms with Gasteiger partial charge in [0.15, 0.2) is 0 Å². The smallest absolute Gasteiger partial charge is 0.0544 e. The van der Waals surface area contributed by atoms with Gasteiger partial charge in [0.05, 0.1) is 6.10 Å². The van der Waals surface area contributed by atoms with E-state index in [0.29, 0.717) is 0 Å². The number of aliphatic hydroxyl groups excluding tert-OH is 1. The van der Waals surface area contributed by atoms with Crippen LogP contribution >= 0.6 is 0 Å². The van der Waals surface area contributed by atoms with E-state index in [0.717, 1.165) is 24.8 Å². The quantitative estimate of drug-likeness (QED) is 0.544. The lowest BCUT2D eigenvalue weighted by molar-refractivity contribution is 0.0679. The number of rotatable bonds is 0. The van der Waals surface area contributed by atoms with Gasteiger partial charge >= 0.3 is 0 Å². The van der Waals surface area contributed by atoms with Crippen LogP contribution in [0.2, 0.25) is 0 Å². The molecule has 2 rings (SSSR count). The van der Waals surface area contributed by atoms with Gasteiger partial charge in [-0.3, -0.25) is 0 Å². The molecule has 64 valence electrons. The van der Waals surface area contributed by atoms with Gasteiger partial charge in [-0.15, -0.1) is 0 Å². The molecule has 2 fully saturated rings. The van der Waals surface area contributed by atoms with Crippen molar-refractivity contribution in [3.63, 3.8) is 0 Å². The summed E-state index contributed by atoms with van der Waals surface area (Å²) >= 11 is 0. The fourth-order valence-corrected chi connectivity index (χ4v) is 2.48. The molecule has 1 saturated heterocycles. The first kappa shape index (κ1) is 7.56. The van der Waals surface area contributed by atoms with Crippen molar-refractivity contribution in [1.82, 2.24) is 5.32 Å². The van der Waals surface area contributed by atoms with E-state index in [1.54, 1.807) is 0 Å². The van der Waals surface area contributed by atoms with Crippen LogP contribution in [0.4, 0.5) is 0 Å². The molecule has 11 heavy (non-hydrogen) atoms. The maximum Gasteiger partial charge on any atom is 0.0544 e. The van der Waals surface area contributed by atoms with E-state index in [1.165, 1.54) is 25.8 Å². The Labute approximate surface area is 68.0 Å². The van der Waals surface area contributed by atoms with Crippen LogP contribution in [0.1, 0.15) is 32.1 Å². The molecule has 1 unspecified atom stereocenters. The lowest BCUT2D eigenvalue weighted by Gasteiger charge is -2.38. The average Bonchev–Trinajstić information content (AvgIpc) is 2.04. The molecule has 2 aliphatic rings. The maximum absolute atomic E-state index is 9.42. The molecule has 2 N–H and O–H groups in total. The molecule has 0 aromatic carbocycles. The second-order valence-corrected chi connectivity index (χ2v) is 3.93.